The Morgan fingerprint density at radius 2 is 2.53 bits per heavy atom. The molecule has 1 rings (SSSR count). The van der Waals surface area contributed by atoms with Crippen LogP contribution in [0.5, 0.6) is 0 Å². The predicted octanol–water partition coefficient (Wildman–Crippen LogP) is 0.790. The summed E-state index contributed by atoms with van der Waals surface area (Å²) in [5, 5.41) is 9.55. The maximum atomic E-state index is 11.0. The summed E-state index contributed by atoms with van der Waals surface area (Å²) in [5.41, 5.74) is 2.28. The van der Waals surface area contributed by atoms with Crippen LogP contribution in [0.25, 0.3) is 0 Å². The number of terminal acetylenes is 1. The van der Waals surface area contributed by atoms with Gasteiger partial charge in [-0.2, -0.15) is 5.10 Å². The van der Waals surface area contributed by atoms with Gasteiger partial charge in [0.25, 0.3) is 0 Å². The van der Waals surface area contributed by atoms with Crippen LogP contribution in [0.4, 0.5) is 0 Å². The Kier molecular flexibility index (Phi) is 4.42. The summed E-state index contributed by atoms with van der Waals surface area (Å²) in [7, 11) is 0. The normalized spacial score (nSPS) is 9.60. The van der Waals surface area contributed by atoms with Crippen LogP contribution in [0.2, 0.25) is 0 Å². The molecule has 0 bridgehead atoms. The molecule has 0 unspecified atom stereocenters. The number of nitrogens with one attached hydrogen (secondary N) is 2. The van der Waals surface area contributed by atoms with Crippen LogP contribution in [-0.4, -0.2) is 22.6 Å². The quantitative estimate of drug-likeness (QED) is 0.551. The van der Waals surface area contributed by atoms with Crippen molar-refractivity contribution in [2.75, 3.05) is 6.54 Å². The van der Waals surface area contributed by atoms with Crippen LogP contribution in [0.3, 0.4) is 0 Å². The summed E-state index contributed by atoms with van der Waals surface area (Å²) in [6.45, 7) is 2.64. The summed E-state index contributed by atoms with van der Waals surface area (Å²) >= 11 is 0. The maximum absolute atomic E-state index is 11.0. The highest BCUT2D eigenvalue weighted by molar-refractivity contribution is 5.78. The van der Waals surface area contributed by atoms with Crippen LogP contribution < -0.4 is 5.32 Å². The van der Waals surface area contributed by atoms with Crippen molar-refractivity contribution in [3.8, 4) is 12.3 Å². The van der Waals surface area contributed by atoms with Gasteiger partial charge in [-0.25, -0.2) is 0 Å². The van der Waals surface area contributed by atoms with E-state index < -0.39 is 0 Å². The van der Waals surface area contributed by atoms with Crippen LogP contribution in [-0.2, 0) is 11.2 Å². The standard InChI is InChI=1S/C11H15N3O/c1-3-5-11(15)12-7-4-6-10-8-13-14-9(10)2/h1,8H,4-7H2,2H3,(H,12,15)(H,13,14). The Labute approximate surface area is 89.5 Å². The van der Waals surface area contributed by atoms with E-state index >= 15 is 0 Å². The third-order valence-corrected chi connectivity index (χ3v) is 2.14. The van der Waals surface area contributed by atoms with Gasteiger partial charge in [0.1, 0.15) is 0 Å². The van der Waals surface area contributed by atoms with Crippen molar-refractivity contribution in [1.82, 2.24) is 15.5 Å². The Hall–Kier alpha value is -1.76. The molecule has 1 heterocycles. The Bertz CT molecular complexity index is 362. The van der Waals surface area contributed by atoms with Gasteiger partial charge in [-0.3, -0.25) is 9.89 Å². The average molecular weight is 205 g/mol. The molecular weight excluding hydrogens is 190 g/mol. The van der Waals surface area contributed by atoms with Gasteiger partial charge in [-0.15, -0.1) is 6.42 Å². The lowest BCUT2D eigenvalue weighted by Gasteiger charge is -2.02. The molecule has 4 heteroatoms. The maximum Gasteiger partial charge on any atom is 0.232 e. The molecule has 1 amide bonds. The molecule has 15 heavy (non-hydrogen) atoms. The van der Waals surface area contributed by atoms with E-state index in [0.29, 0.717) is 6.54 Å². The minimum Gasteiger partial charge on any atom is -0.355 e. The van der Waals surface area contributed by atoms with Crippen LogP contribution in [0, 0.1) is 19.3 Å². The van der Waals surface area contributed by atoms with Gasteiger partial charge >= 0.3 is 0 Å². The van der Waals surface area contributed by atoms with Gasteiger partial charge in [0.05, 0.1) is 12.6 Å². The van der Waals surface area contributed by atoms with E-state index in [0.717, 1.165) is 18.5 Å². The number of aryl methyl sites for hydroxylation is 2. The van der Waals surface area contributed by atoms with Crippen LogP contribution >= 0.6 is 0 Å². The molecule has 80 valence electrons. The summed E-state index contributed by atoms with van der Waals surface area (Å²) in [4.78, 5) is 11.0. The molecule has 0 spiro atoms. The lowest BCUT2D eigenvalue weighted by molar-refractivity contribution is -0.120. The monoisotopic (exact) mass is 205 g/mol. The van der Waals surface area contributed by atoms with Crippen molar-refractivity contribution < 1.29 is 4.79 Å². The molecule has 0 aliphatic rings. The molecule has 4 nitrogen and oxygen atoms in total. The van der Waals surface area contributed by atoms with Gasteiger partial charge in [0.15, 0.2) is 0 Å². The number of aromatic amines is 1. The summed E-state index contributed by atoms with van der Waals surface area (Å²) < 4.78 is 0. The summed E-state index contributed by atoms with van der Waals surface area (Å²) in [5.74, 6) is 2.22. The predicted molar refractivity (Wildman–Crippen MR) is 58.1 cm³/mol. The third kappa shape index (κ3) is 3.86. The molecule has 0 aliphatic carbocycles. The Balaban J connectivity index is 2.15. The number of hydrogen-bond acceptors (Lipinski definition) is 2. The molecule has 0 aliphatic heterocycles. The number of amides is 1. The van der Waals surface area contributed by atoms with Crippen LogP contribution in [0.15, 0.2) is 6.20 Å². The fourth-order valence-corrected chi connectivity index (χ4v) is 1.29. The highest BCUT2D eigenvalue weighted by Crippen LogP contribution is 2.04. The summed E-state index contributed by atoms with van der Waals surface area (Å²) in [6, 6.07) is 0. The summed E-state index contributed by atoms with van der Waals surface area (Å²) in [6.07, 6.45) is 8.80. The fraction of sp³-hybridized carbons (Fsp3) is 0.455. The fourth-order valence-electron chi connectivity index (χ4n) is 1.29. The van der Waals surface area contributed by atoms with E-state index in [2.05, 4.69) is 21.4 Å². The molecule has 0 saturated heterocycles. The van der Waals surface area contributed by atoms with E-state index in [-0.39, 0.29) is 12.3 Å². The topological polar surface area (TPSA) is 57.8 Å². The minimum atomic E-state index is -0.0820. The first-order valence-corrected chi connectivity index (χ1v) is 4.93. The first-order chi connectivity index (χ1) is 7.24. The molecule has 2 N–H and O–H groups in total. The highest BCUT2D eigenvalue weighted by Gasteiger charge is 2.01. The SMILES string of the molecule is C#CCC(=O)NCCCc1cn[nH]c1C. The molecule has 0 aromatic carbocycles. The number of carbonyl (C=O) groups is 1. The number of nitrogens with zero attached hydrogens (tertiary/aromatic N) is 1. The zero-order valence-electron chi connectivity index (χ0n) is 8.84. The zero-order valence-corrected chi connectivity index (χ0v) is 8.84. The largest absolute Gasteiger partial charge is 0.355 e. The first-order valence-electron chi connectivity index (χ1n) is 4.93. The van der Waals surface area contributed by atoms with Crippen molar-refractivity contribution >= 4 is 5.91 Å². The van der Waals surface area contributed by atoms with Gasteiger partial charge in [-0.1, -0.05) is 5.92 Å². The lowest BCUT2D eigenvalue weighted by Crippen LogP contribution is -2.23. The molecular formula is C11H15N3O. The molecule has 0 saturated carbocycles. The molecule has 0 atom stereocenters. The third-order valence-electron chi connectivity index (χ3n) is 2.14. The molecule has 1 aromatic rings. The zero-order chi connectivity index (χ0) is 11.1. The second-order valence-corrected chi connectivity index (χ2v) is 3.35. The van der Waals surface area contributed by atoms with E-state index in [1.807, 2.05) is 13.1 Å². The molecule has 1 aromatic heterocycles. The first kappa shape index (κ1) is 11.3. The van der Waals surface area contributed by atoms with E-state index in [1.165, 1.54) is 5.56 Å². The van der Waals surface area contributed by atoms with Gasteiger partial charge < -0.3 is 5.32 Å². The average Bonchev–Trinajstić information content (AvgIpc) is 2.60. The van der Waals surface area contributed by atoms with Crippen molar-refractivity contribution in [3.63, 3.8) is 0 Å². The van der Waals surface area contributed by atoms with Gasteiger partial charge in [-0.05, 0) is 25.3 Å². The number of aromatic nitrogens is 2. The second kappa shape index (κ2) is 5.86. The van der Waals surface area contributed by atoms with Crippen molar-refractivity contribution in [1.29, 1.82) is 0 Å². The highest BCUT2D eigenvalue weighted by atomic mass is 16.1. The van der Waals surface area contributed by atoms with Crippen molar-refractivity contribution in [3.05, 3.63) is 17.5 Å². The smallest absolute Gasteiger partial charge is 0.232 e. The lowest BCUT2D eigenvalue weighted by atomic mass is 10.1. The van der Waals surface area contributed by atoms with Crippen LogP contribution in [0.1, 0.15) is 24.1 Å². The number of rotatable bonds is 5. The van der Waals surface area contributed by atoms with Gasteiger partial charge in [0, 0.05) is 12.2 Å². The number of hydrogen-bond donors (Lipinski definition) is 2. The molecule has 0 radical (unpaired) electrons. The Morgan fingerprint density at radius 1 is 1.73 bits per heavy atom. The van der Waals surface area contributed by atoms with E-state index in [4.69, 9.17) is 6.42 Å². The second-order valence-electron chi connectivity index (χ2n) is 3.35. The molecule has 0 fully saturated rings. The van der Waals surface area contributed by atoms with E-state index in [1.54, 1.807) is 0 Å². The Morgan fingerprint density at radius 3 is 3.13 bits per heavy atom. The van der Waals surface area contributed by atoms with E-state index in [9.17, 15) is 4.79 Å². The van der Waals surface area contributed by atoms with Crippen molar-refractivity contribution in [2.45, 2.75) is 26.2 Å². The number of H-pyrrole nitrogens is 1. The van der Waals surface area contributed by atoms with Gasteiger partial charge in [0.2, 0.25) is 5.91 Å². The number of carbonyl (C=O) groups excluding carboxylic acids is 1. The minimum absolute atomic E-state index is 0.0820. The van der Waals surface area contributed by atoms with Crippen molar-refractivity contribution in [2.24, 2.45) is 0 Å².